The molecule has 0 atom stereocenters. The zero-order valence-corrected chi connectivity index (χ0v) is 5.77. The van der Waals surface area contributed by atoms with E-state index >= 15 is 0 Å². The Morgan fingerprint density at radius 2 is 2.22 bits per heavy atom. The third kappa shape index (κ3) is 1.13. The van der Waals surface area contributed by atoms with Crippen LogP contribution in [0.3, 0.4) is 0 Å². The van der Waals surface area contributed by atoms with E-state index in [2.05, 4.69) is 4.98 Å². The molecule has 4 heteroatoms. The van der Waals surface area contributed by atoms with E-state index in [1.54, 1.807) is 0 Å². The van der Waals surface area contributed by atoms with Gasteiger partial charge in [-0.15, -0.1) is 0 Å². The van der Waals surface area contributed by atoms with Gasteiger partial charge >= 0.3 is 0 Å². The summed E-state index contributed by atoms with van der Waals surface area (Å²) in [5.41, 5.74) is 0. The Kier molecular flexibility index (Phi) is 1.57. The zero-order valence-electron chi connectivity index (χ0n) is 4.96. The Morgan fingerprint density at radius 3 is 2.44 bits per heavy atom. The Labute approximate surface area is 56.6 Å². The van der Waals surface area contributed by atoms with Gasteiger partial charge in [-0.2, -0.15) is 0 Å². The van der Waals surface area contributed by atoms with Gasteiger partial charge in [0, 0.05) is 0 Å². The van der Waals surface area contributed by atoms with Gasteiger partial charge in [-0.05, 0) is 6.42 Å². The smallest absolute Gasteiger partial charge is 0.266 e. The minimum absolute atomic E-state index is 0.0909. The second-order valence-corrected chi connectivity index (χ2v) is 2.65. The van der Waals surface area contributed by atoms with Crippen molar-refractivity contribution in [2.75, 3.05) is 0 Å². The molecule has 1 rings (SSSR count). The molecule has 0 aliphatic heterocycles. The normalized spacial score (nSPS) is 9.89. The summed E-state index contributed by atoms with van der Waals surface area (Å²) in [5.74, 6) is -0.253. The van der Waals surface area contributed by atoms with Gasteiger partial charge in [0.1, 0.15) is 5.01 Å². The lowest BCUT2D eigenvalue weighted by molar-refractivity contribution is 0.401. The number of nitrogens with zero attached hydrogens (tertiary/aromatic N) is 1. The molecule has 0 spiro atoms. The number of aromatic hydroxyl groups is 2. The van der Waals surface area contributed by atoms with Crippen LogP contribution < -0.4 is 0 Å². The van der Waals surface area contributed by atoms with Crippen LogP contribution >= 0.6 is 11.3 Å². The van der Waals surface area contributed by atoms with E-state index in [1.165, 1.54) is 0 Å². The number of hydrogen-bond acceptors (Lipinski definition) is 4. The monoisotopic (exact) mass is 145 g/mol. The van der Waals surface area contributed by atoms with Crippen molar-refractivity contribution in [2.24, 2.45) is 0 Å². The molecule has 0 aliphatic carbocycles. The highest BCUT2D eigenvalue weighted by Crippen LogP contribution is 2.30. The molecular formula is C5H7NO2S. The molecule has 9 heavy (non-hydrogen) atoms. The van der Waals surface area contributed by atoms with Crippen LogP contribution in [0.25, 0.3) is 0 Å². The molecule has 1 aromatic heterocycles. The molecule has 0 amide bonds. The molecule has 1 aromatic rings. The average Bonchev–Trinajstić information content (AvgIpc) is 2.13. The summed E-state index contributed by atoms with van der Waals surface area (Å²) < 4.78 is 0. The van der Waals surface area contributed by atoms with Crippen LogP contribution in [-0.4, -0.2) is 15.2 Å². The summed E-state index contributed by atoms with van der Waals surface area (Å²) in [7, 11) is 0. The first-order valence-corrected chi connectivity index (χ1v) is 3.43. The molecule has 2 N–H and O–H groups in total. The fourth-order valence-corrected chi connectivity index (χ4v) is 1.13. The highest BCUT2D eigenvalue weighted by atomic mass is 32.1. The SMILES string of the molecule is CCc1nc(O)c(O)s1. The largest absolute Gasteiger partial charge is 0.496 e. The average molecular weight is 145 g/mol. The van der Waals surface area contributed by atoms with Gasteiger partial charge in [0.05, 0.1) is 0 Å². The van der Waals surface area contributed by atoms with E-state index in [0.717, 1.165) is 22.8 Å². The molecule has 1 heterocycles. The van der Waals surface area contributed by atoms with Gasteiger partial charge in [0.2, 0.25) is 5.06 Å². The Morgan fingerprint density at radius 1 is 1.56 bits per heavy atom. The molecule has 3 nitrogen and oxygen atoms in total. The predicted octanol–water partition coefficient (Wildman–Crippen LogP) is 1.12. The Bertz CT molecular complexity index is 189. The van der Waals surface area contributed by atoms with E-state index < -0.39 is 0 Å². The highest BCUT2D eigenvalue weighted by molar-refractivity contribution is 7.13. The van der Waals surface area contributed by atoms with Crippen LogP contribution in [0.4, 0.5) is 0 Å². The van der Waals surface area contributed by atoms with Crippen molar-refractivity contribution in [3.63, 3.8) is 0 Å². The van der Waals surface area contributed by atoms with Gasteiger partial charge in [0.15, 0.2) is 0 Å². The zero-order chi connectivity index (χ0) is 6.85. The number of aryl methyl sites for hydroxylation is 1. The van der Waals surface area contributed by atoms with Crippen LogP contribution in [0.15, 0.2) is 0 Å². The number of hydrogen-bond donors (Lipinski definition) is 2. The molecule has 0 saturated carbocycles. The summed E-state index contributed by atoms with van der Waals surface area (Å²) in [6.07, 6.45) is 0.749. The summed E-state index contributed by atoms with van der Waals surface area (Å²) >= 11 is 1.11. The van der Waals surface area contributed by atoms with Crippen LogP contribution in [0.1, 0.15) is 11.9 Å². The van der Waals surface area contributed by atoms with E-state index in [0.29, 0.717) is 0 Å². The maximum absolute atomic E-state index is 8.78. The van der Waals surface area contributed by atoms with Crippen LogP contribution in [0.5, 0.6) is 10.9 Å². The van der Waals surface area contributed by atoms with Crippen molar-refractivity contribution in [1.29, 1.82) is 0 Å². The minimum Gasteiger partial charge on any atom is -0.496 e. The standard InChI is InChI=1S/C5H7NO2S/c1-2-3-6-4(7)5(8)9-3/h7-8H,2H2,1H3. The third-order valence-corrected chi connectivity index (χ3v) is 1.93. The first kappa shape index (κ1) is 6.35. The van der Waals surface area contributed by atoms with Gasteiger partial charge < -0.3 is 10.2 Å². The van der Waals surface area contributed by atoms with Crippen molar-refractivity contribution in [3.05, 3.63) is 5.01 Å². The van der Waals surface area contributed by atoms with Gasteiger partial charge in [-0.25, -0.2) is 4.98 Å². The topological polar surface area (TPSA) is 53.4 Å². The lowest BCUT2D eigenvalue weighted by Gasteiger charge is -1.78. The fraction of sp³-hybridized carbons (Fsp3) is 0.400. The molecular weight excluding hydrogens is 138 g/mol. The van der Waals surface area contributed by atoms with E-state index in [4.69, 9.17) is 10.2 Å². The van der Waals surface area contributed by atoms with Gasteiger partial charge in [-0.1, -0.05) is 18.3 Å². The maximum atomic E-state index is 8.78. The molecule has 0 aliphatic rings. The summed E-state index contributed by atoms with van der Waals surface area (Å²) in [6.45, 7) is 1.91. The maximum Gasteiger partial charge on any atom is 0.266 e. The van der Waals surface area contributed by atoms with Crippen molar-refractivity contribution in [3.8, 4) is 10.9 Å². The highest BCUT2D eigenvalue weighted by Gasteiger charge is 2.04. The first-order chi connectivity index (χ1) is 4.24. The van der Waals surface area contributed by atoms with E-state index in [1.807, 2.05) is 6.92 Å². The summed E-state index contributed by atoms with van der Waals surface area (Å²) in [6, 6.07) is 0. The second kappa shape index (κ2) is 2.23. The Hall–Kier alpha value is -0.770. The minimum atomic E-state index is -0.253. The van der Waals surface area contributed by atoms with Gasteiger partial charge in [0.25, 0.3) is 5.88 Å². The molecule has 0 radical (unpaired) electrons. The van der Waals surface area contributed by atoms with Gasteiger partial charge in [-0.3, -0.25) is 0 Å². The van der Waals surface area contributed by atoms with Crippen LogP contribution in [0, 0.1) is 0 Å². The van der Waals surface area contributed by atoms with Crippen molar-refractivity contribution < 1.29 is 10.2 Å². The molecule has 0 unspecified atom stereocenters. The molecule has 50 valence electrons. The van der Waals surface area contributed by atoms with Crippen LogP contribution in [0.2, 0.25) is 0 Å². The summed E-state index contributed by atoms with van der Waals surface area (Å²) in [4.78, 5) is 3.65. The Balaban J connectivity index is 2.98. The lowest BCUT2D eigenvalue weighted by atomic mass is 10.5. The molecule has 0 aromatic carbocycles. The molecule has 0 fully saturated rings. The number of rotatable bonds is 1. The summed E-state index contributed by atoms with van der Waals surface area (Å²) in [5, 5.41) is 18.2. The molecule has 0 saturated heterocycles. The third-order valence-electron chi connectivity index (χ3n) is 0.939. The van der Waals surface area contributed by atoms with Crippen molar-refractivity contribution >= 4 is 11.3 Å². The number of aromatic nitrogens is 1. The quantitative estimate of drug-likeness (QED) is 0.622. The predicted molar refractivity (Wildman–Crippen MR) is 34.8 cm³/mol. The van der Waals surface area contributed by atoms with E-state index in [9.17, 15) is 0 Å². The van der Waals surface area contributed by atoms with E-state index in [-0.39, 0.29) is 10.9 Å². The molecule has 0 bridgehead atoms. The van der Waals surface area contributed by atoms with Crippen molar-refractivity contribution in [1.82, 2.24) is 4.98 Å². The first-order valence-electron chi connectivity index (χ1n) is 2.61. The second-order valence-electron chi connectivity index (χ2n) is 1.59. The fourth-order valence-electron chi connectivity index (χ4n) is 0.497. The number of thiazole rings is 1. The van der Waals surface area contributed by atoms with Crippen LogP contribution in [-0.2, 0) is 6.42 Å². The van der Waals surface area contributed by atoms with Crippen molar-refractivity contribution in [2.45, 2.75) is 13.3 Å². The lowest BCUT2D eigenvalue weighted by Crippen LogP contribution is -1.72.